The van der Waals surface area contributed by atoms with Crippen molar-refractivity contribution in [2.75, 3.05) is 0 Å². The predicted octanol–water partition coefficient (Wildman–Crippen LogP) is 6.73. The van der Waals surface area contributed by atoms with Crippen LogP contribution in [0.3, 0.4) is 0 Å². The van der Waals surface area contributed by atoms with Crippen LogP contribution in [-0.2, 0) is 12.8 Å². The molecule has 0 aliphatic heterocycles. The molecule has 0 aromatic heterocycles. The van der Waals surface area contributed by atoms with Gasteiger partial charge >= 0.3 is 0 Å². The molecule has 0 aliphatic rings. The fraction of sp³-hybridized carbons (Fsp3) is 0.714. The number of phenolic OH excluding ortho intramolecular Hbond substituents is 1. The van der Waals surface area contributed by atoms with E-state index in [1.54, 1.807) is 0 Å². The number of phenols is 1. The number of aromatic hydroxyl groups is 1. The molecule has 0 heterocycles. The Morgan fingerprint density at radius 1 is 0.682 bits per heavy atom. The highest BCUT2D eigenvalue weighted by Gasteiger charge is 2.10. The maximum atomic E-state index is 10.3. The minimum atomic E-state index is 0.518. The van der Waals surface area contributed by atoms with Gasteiger partial charge in [0.1, 0.15) is 5.75 Å². The van der Waals surface area contributed by atoms with Crippen molar-refractivity contribution in [3.63, 3.8) is 0 Å². The van der Waals surface area contributed by atoms with Crippen LogP contribution in [0.25, 0.3) is 0 Å². The molecule has 0 aliphatic carbocycles. The van der Waals surface area contributed by atoms with Crippen LogP contribution >= 0.6 is 0 Å². The highest BCUT2D eigenvalue weighted by Crippen LogP contribution is 2.28. The van der Waals surface area contributed by atoms with Gasteiger partial charge in [-0.05, 0) is 55.4 Å². The van der Waals surface area contributed by atoms with Gasteiger partial charge in [0.05, 0.1) is 0 Å². The summed E-state index contributed by atoms with van der Waals surface area (Å²) in [5.74, 6) is 0.518. The van der Waals surface area contributed by atoms with Crippen molar-refractivity contribution >= 4 is 0 Å². The first-order valence-electron chi connectivity index (χ1n) is 9.51. The Bertz CT molecular complexity index is 409. The van der Waals surface area contributed by atoms with E-state index in [4.69, 9.17) is 0 Å². The Balaban J connectivity index is 2.53. The van der Waals surface area contributed by atoms with Crippen molar-refractivity contribution in [1.82, 2.24) is 0 Å². The lowest BCUT2D eigenvalue weighted by atomic mass is 9.92. The molecule has 0 saturated heterocycles. The van der Waals surface area contributed by atoms with Crippen LogP contribution in [0.2, 0.25) is 0 Å². The maximum Gasteiger partial charge on any atom is 0.119 e. The zero-order valence-electron chi connectivity index (χ0n) is 15.1. The molecule has 1 aromatic carbocycles. The van der Waals surface area contributed by atoms with Gasteiger partial charge in [-0.2, -0.15) is 0 Å². The average Bonchev–Trinajstić information content (AvgIpc) is 2.52. The molecule has 0 unspecified atom stereocenters. The van der Waals surface area contributed by atoms with E-state index < -0.39 is 0 Å². The van der Waals surface area contributed by atoms with Gasteiger partial charge in [-0.25, -0.2) is 0 Å². The fourth-order valence-corrected chi connectivity index (χ4v) is 3.24. The molecule has 22 heavy (non-hydrogen) atoms. The van der Waals surface area contributed by atoms with E-state index in [1.807, 2.05) is 6.07 Å². The summed E-state index contributed by atoms with van der Waals surface area (Å²) in [6.07, 6.45) is 15.2. The van der Waals surface area contributed by atoms with Gasteiger partial charge in [0.2, 0.25) is 0 Å². The summed E-state index contributed by atoms with van der Waals surface area (Å²) in [6.45, 7) is 6.71. The topological polar surface area (TPSA) is 20.2 Å². The minimum Gasteiger partial charge on any atom is -0.508 e. The quantitative estimate of drug-likeness (QED) is 0.425. The molecule has 0 atom stereocenters. The van der Waals surface area contributed by atoms with Crippen molar-refractivity contribution in [2.24, 2.45) is 0 Å². The standard InChI is InChI=1S/C21H36O/c1-4-6-8-10-11-13-15-20-19(14-12-9-7-5-2)18(3)16-17-21(20)22/h16-17,22H,4-15H2,1-3H3. The Hall–Kier alpha value is -0.980. The van der Waals surface area contributed by atoms with Crippen LogP contribution in [0.15, 0.2) is 12.1 Å². The van der Waals surface area contributed by atoms with Crippen molar-refractivity contribution in [1.29, 1.82) is 0 Å². The molecule has 0 fully saturated rings. The second-order valence-corrected chi connectivity index (χ2v) is 6.69. The third kappa shape index (κ3) is 6.85. The van der Waals surface area contributed by atoms with Crippen LogP contribution in [0.4, 0.5) is 0 Å². The monoisotopic (exact) mass is 304 g/mol. The normalized spacial score (nSPS) is 11.0. The van der Waals surface area contributed by atoms with Gasteiger partial charge in [-0.1, -0.05) is 71.3 Å². The summed E-state index contributed by atoms with van der Waals surface area (Å²) in [5, 5.41) is 10.3. The highest BCUT2D eigenvalue weighted by atomic mass is 16.3. The third-order valence-electron chi connectivity index (χ3n) is 4.70. The van der Waals surface area contributed by atoms with E-state index in [0.717, 1.165) is 12.8 Å². The van der Waals surface area contributed by atoms with E-state index in [1.165, 1.54) is 80.9 Å². The number of rotatable bonds is 12. The number of hydrogen-bond acceptors (Lipinski definition) is 1. The van der Waals surface area contributed by atoms with Crippen LogP contribution in [0.5, 0.6) is 5.75 Å². The van der Waals surface area contributed by atoms with Gasteiger partial charge in [0.15, 0.2) is 0 Å². The molecule has 1 rings (SSSR count). The SMILES string of the molecule is CCCCCCCCc1c(O)ccc(C)c1CCCCCC. The van der Waals surface area contributed by atoms with E-state index in [9.17, 15) is 5.11 Å². The van der Waals surface area contributed by atoms with Crippen molar-refractivity contribution in [3.8, 4) is 5.75 Å². The molecular weight excluding hydrogens is 268 g/mol. The molecule has 0 radical (unpaired) electrons. The van der Waals surface area contributed by atoms with Gasteiger partial charge < -0.3 is 5.11 Å². The molecule has 0 spiro atoms. The smallest absolute Gasteiger partial charge is 0.119 e. The second-order valence-electron chi connectivity index (χ2n) is 6.69. The second kappa shape index (κ2) is 11.6. The zero-order chi connectivity index (χ0) is 16.2. The lowest BCUT2D eigenvalue weighted by Crippen LogP contribution is -1.99. The average molecular weight is 305 g/mol. The fourth-order valence-electron chi connectivity index (χ4n) is 3.24. The van der Waals surface area contributed by atoms with E-state index >= 15 is 0 Å². The highest BCUT2D eigenvalue weighted by molar-refractivity contribution is 5.44. The maximum absolute atomic E-state index is 10.3. The molecule has 1 aromatic rings. The summed E-state index contributed by atoms with van der Waals surface area (Å²) in [7, 11) is 0. The van der Waals surface area contributed by atoms with Gasteiger partial charge in [-0.3, -0.25) is 0 Å². The predicted molar refractivity (Wildman–Crippen MR) is 97.8 cm³/mol. The molecule has 1 N–H and O–H groups in total. The first kappa shape index (κ1) is 19.1. The van der Waals surface area contributed by atoms with Gasteiger partial charge in [0, 0.05) is 0 Å². The molecule has 0 bridgehead atoms. The molecule has 0 amide bonds. The van der Waals surface area contributed by atoms with Crippen molar-refractivity contribution < 1.29 is 5.11 Å². The summed E-state index contributed by atoms with van der Waals surface area (Å²) in [5.41, 5.74) is 4.01. The molecule has 1 nitrogen and oxygen atoms in total. The summed E-state index contributed by atoms with van der Waals surface area (Å²) in [6, 6.07) is 3.96. The Morgan fingerprint density at radius 2 is 1.18 bits per heavy atom. The zero-order valence-corrected chi connectivity index (χ0v) is 15.1. The van der Waals surface area contributed by atoms with E-state index in [0.29, 0.717) is 5.75 Å². The molecular formula is C21H36O. The van der Waals surface area contributed by atoms with Crippen LogP contribution in [0.1, 0.15) is 94.7 Å². The van der Waals surface area contributed by atoms with E-state index in [2.05, 4.69) is 26.8 Å². The van der Waals surface area contributed by atoms with Crippen LogP contribution < -0.4 is 0 Å². The third-order valence-corrected chi connectivity index (χ3v) is 4.70. The Morgan fingerprint density at radius 3 is 1.82 bits per heavy atom. The first-order chi connectivity index (χ1) is 10.7. The first-order valence-corrected chi connectivity index (χ1v) is 9.51. The minimum absolute atomic E-state index is 0.518. The van der Waals surface area contributed by atoms with Crippen LogP contribution in [-0.4, -0.2) is 5.11 Å². The molecule has 126 valence electrons. The van der Waals surface area contributed by atoms with Gasteiger partial charge in [0.25, 0.3) is 0 Å². The lowest BCUT2D eigenvalue weighted by Gasteiger charge is -2.15. The summed E-state index contributed by atoms with van der Waals surface area (Å²) < 4.78 is 0. The summed E-state index contributed by atoms with van der Waals surface area (Å²) in [4.78, 5) is 0. The van der Waals surface area contributed by atoms with E-state index in [-0.39, 0.29) is 0 Å². The molecule has 1 heteroatoms. The lowest BCUT2D eigenvalue weighted by molar-refractivity contribution is 0.464. The Kier molecular flexibility index (Phi) is 10.0. The van der Waals surface area contributed by atoms with Gasteiger partial charge in [-0.15, -0.1) is 0 Å². The Labute approximate surface area is 138 Å². The molecule has 0 saturated carbocycles. The largest absolute Gasteiger partial charge is 0.508 e. The number of unbranched alkanes of at least 4 members (excludes halogenated alkanes) is 8. The number of benzene rings is 1. The van der Waals surface area contributed by atoms with Crippen LogP contribution in [0, 0.1) is 6.92 Å². The number of aryl methyl sites for hydroxylation is 1. The number of hydrogen-bond donors (Lipinski definition) is 1. The van der Waals surface area contributed by atoms with Crippen molar-refractivity contribution in [3.05, 3.63) is 28.8 Å². The summed E-state index contributed by atoms with van der Waals surface area (Å²) >= 11 is 0. The van der Waals surface area contributed by atoms with Crippen molar-refractivity contribution in [2.45, 2.75) is 97.8 Å².